The fourth-order valence-electron chi connectivity index (χ4n) is 1.76. The number of hydrogen-bond acceptors (Lipinski definition) is 3. The standard InChI is InChI=1S/C12H11F3O3S/c13-12(14,15)9-3-1-2-4-11(9)19(17,18)7-10(16)8-5-6-8/h1-4,8H,5-7H2. The highest BCUT2D eigenvalue weighted by molar-refractivity contribution is 7.92. The lowest BCUT2D eigenvalue weighted by molar-refractivity contribution is -0.139. The Kier molecular flexibility index (Phi) is 3.42. The molecule has 0 aromatic heterocycles. The van der Waals surface area contributed by atoms with Gasteiger partial charge in [0, 0.05) is 5.92 Å². The van der Waals surface area contributed by atoms with Crippen LogP contribution in [-0.2, 0) is 20.8 Å². The maximum atomic E-state index is 12.7. The lowest BCUT2D eigenvalue weighted by Gasteiger charge is -2.12. The zero-order valence-electron chi connectivity index (χ0n) is 9.77. The number of rotatable bonds is 4. The fraction of sp³-hybridized carbons (Fsp3) is 0.417. The molecule has 0 heterocycles. The molecule has 19 heavy (non-hydrogen) atoms. The lowest BCUT2D eigenvalue weighted by atomic mass is 10.2. The number of sulfone groups is 1. The van der Waals surface area contributed by atoms with Crippen molar-refractivity contribution in [2.75, 3.05) is 5.75 Å². The highest BCUT2D eigenvalue weighted by atomic mass is 32.2. The molecule has 0 atom stereocenters. The van der Waals surface area contributed by atoms with Gasteiger partial charge in [-0.3, -0.25) is 4.79 Å². The van der Waals surface area contributed by atoms with E-state index in [-0.39, 0.29) is 5.92 Å². The predicted octanol–water partition coefficient (Wildman–Crippen LogP) is 2.46. The minimum Gasteiger partial charge on any atom is -0.298 e. The summed E-state index contributed by atoms with van der Waals surface area (Å²) in [4.78, 5) is 10.7. The van der Waals surface area contributed by atoms with Gasteiger partial charge >= 0.3 is 6.18 Å². The van der Waals surface area contributed by atoms with Gasteiger partial charge in [0.1, 0.15) is 5.75 Å². The Hall–Kier alpha value is -1.37. The smallest absolute Gasteiger partial charge is 0.298 e. The largest absolute Gasteiger partial charge is 0.417 e. The second-order valence-electron chi connectivity index (χ2n) is 4.49. The molecule has 1 aromatic carbocycles. The van der Waals surface area contributed by atoms with Crippen molar-refractivity contribution in [1.29, 1.82) is 0 Å². The van der Waals surface area contributed by atoms with Crippen molar-refractivity contribution in [3.63, 3.8) is 0 Å². The molecule has 104 valence electrons. The van der Waals surface area contributed by atoms with Gasteiger partial charge in [-0.05, 0) is 25.0 Å². The van der Waals surface area contributed by atoms with E-state index in [1.165, 1.54) is 6.07 Å². The Labute approximate surface area is 108 Å². The summed E-state index contributed by atoms with van der Waals surface area (Å²) in [6, 6.07) is 3.92. The molecule has 0 radical (unpaired) electrons. The van der Waals surface area contributed by atoms with Crippen molar-refractivity contribution in [2.45, 2.75) is 23.9 Å². The summed E-state index contributed by atoms with van der Waals surface area (Å²) in [5.74, 6) is -1.66. The van der Waals surface area contributed by atoms with E-state index in [2.05, 4.69) is 0 Å². The lowest BCUT2D eigenvalue weighted by Crippen LogP contribution is -2.21. The van der Waals surface area contributed by atoms with E-state index in [0.717, 1.165) is 12.1 Å². The van der Waals surface area contributed by atoms with E-state index in [1.54, 1.807) is 0 Å². The van der Waals surface area contributed by atoms with Crippen LogP contribution in [0.25, 0.3) is 0 Å². The zero-order valence-corrected chi connectivity index (χ0v) is 10.6. The van der Waals surface area contributed by atoms with Gasteiger partial charge < -0.3 is 0 Å². The summed E-state index contributed by atoms with van der Waals surface area (Å²) >= 11 is 0. The third-order valence-electron chi connectivity index (χ3n) is 2.89. The van der Waals surface area contributed by atoms with Crippen LogP contribution in [0.15, 0.2) is 29.2 Å². The van der Waals surface area contributed by atoms with Gasteiger partial charge in [-0.1, -0.05) is 12.1 Å². The quantitative estimate of drug-likeness (QED) is 0.856. The number of hydrogen-bond donors (Lipinski definition) is 0. The van der Waals surface area contributed by atoms with E-state index >= 15 is 0 Å². The molecular formula is C12H11F3O3S. The maximum absolute atomic E-state index is 12.7. The van der Waals surface area contributed by atoms with Crippen LogP contribution in [0.4, 0.5) is 13.2 Å². The Morgan fingerprint density at radius 1 is 1.21 bits per heavy atom. The average molecular weight is 292 g/mol. The molecule has 0 amide bonds. The number of Topliss-reactive ketones (excluding diaryl/α,β-unsaturated/α-hetero) is 1. The molecule has 7 heteroatoms. The molecule has 1 saturated carbocycles. The van der Waals surface area contributed by atoms with Gasteiger partial charge in [0.15, 0.2) is 15.6 Å². The summed E-state index contributed by atoms with van der Waals surface area (Å²) in [6.45, 7) is 0. The van der Waals surface area contributed by atoms with E-state index in [0.29, 0.717) is 18.9 Å². The van der Waals surface area contributed by atoms with E-state index in [9.17, 15) is 26.4 Å². The van der Waals surface area contributed by atoms with Gasteiger partial charge in [-0.25, -0.2) is 8.42 Å². The molecule has 1 fully saturated rings. The molecule has 2 rings (SSSR count). The monoisotopic (exact) mass is 292 g/mol. The second kappa shape index (κ2) is 4.63. The summed E-state index contributed by atoms with van der Waals surface area (Å²) in [5, 5.41) is 0. The first-order chi connectivity index (χ1) is 8.72. The minimum atomic E-state index is -4.76. The first kappa shape index (κ1) is 14.0. The summed E-state index contributed by atoms with van der Waals surface area (Å²) < 4.78 is 62.1. The molecule has 0 aliphatic heterocycles. The summed E-state index contributed by atoms with van der Waals surface area (Å²) in [7, 11) is -4.25. The van der Waals surface area contributed by atoms with E-state index in [1.807, 2.05) is 0 Å². The van der Waals surface area contributed by atoms with Crippen molar-refractivity contribution in [3.05, 3.63) is 29.8 Å². The zero-order chi connectivity index (χ0) is 14.3. The maximum Gasteiger partial charge on any atom is 0.417 e. The van der Waals surface area contributed by atoms with Crippen molar-refractivity contribution >= 4 is 15.6 Å². The van der Waals surface area contributed by atoms with Crippen LogP contribution in [0.5, 0.6) is 0 Å². The first-order valence-corrected chi connectivity index (χ1v) is 7.29. The van der Waals surface area contributed by atoms with Crippen LogP contribution < -0.4 is 0 Å². The van der Waals surface area contributed by atoms with Crippen LogP contribution in [0.3, 0.4) is 0 Å². The van der Waals surface area contributed by atoms with Crippen molar-refractivity contribution in [2.24, 2.45) is 5.92 Å². The molecule has 0 bridgehead atoms. The highest BCUT2D eigenvalue weighted by Crippen LogP contribution is 2.35. The van der Waals surface area contributed by atoms with Gasteiger partial charge in [0.25, 0.3) is 0 Å². The van der Waals surface area contributed by atoms with E-state index in [4.69, 9.17) is 0 Å². The number of benzene rings is 1. The van der Waals surface area contributed by atoms with Gasteiger partial charge in [0.2, 0.25) is 0 Å². The normalized spacial score (nSPS) is 16.4. The van der Waals surface area contributed by atoms with Crippen LogP contribution in [-0.4, -0.2) is 20.0 Å². The van der Waals surface area contributed by atoms with Crippen LogP contribution in [0.1, 0.15) is 18.4 Å². The summed E-state index contributed by atoms with van der Waals surface area (Å²) in [5.41, 5.74) is -1.22. The Morgan fingerprint density at radius 3 is 2.32 bits per heavy atom. The number of halogens is 3. The van der Waals surface area contributed by atoms with Crippen molar-refractivity contribution in [3.8, 4) is 0 Å². The second-order valence-corrected chi connectivity index (χ2v) is 6.45. The molecule has 0 unspecified atom stereocenters. The average Bonchev–Trinajstić information content (AvgIpc) is 3.11. The number of carbonyl (C=O) groups is 1. The Bertz CT molecular complexity index is 601. The molecule has 1 aliphatic rings. The highest BCUT2D eigenvalue weighted by Gasteiger charge is 2.39. The molecule has 1 aliphatic carbocycles. The molecule has 0 saturated heterocycles. The topological polar surface area (TPSA) is 51.2 Å². The van der Waals surface area contributed by atoms with Crippen LogP contribution in [0, 0.1) is 5.92 Å². The molecule has 1 aromatic rings. The molecular weight excluding hydrogens is 281 g/mol. The molecule has 0 N–H and O–H groups in total. The third kappa shape index (κ3) is 3.15. The minimum absolute atomic E-state index is 0.298. The van der Waals surface area contributed by atoms with Gasteiger partial charge in [-0.2, -0.15) is 13.2 Å². The van der Waals surface area contributed by atoms with Gasteiger partial charge in [0.05, 0.1) is 10.5 Å². The Morgan fingerprint density at radius 2 is 1.79 bits per heavy atom. The van der Waals surface area contributed by atoms with Crippen LogP contribution >= 0.6 is 0 Å². The van der Waals surface area contributed by atoms with Crippen LogP contribution in [0.2, 0.25) is 0 Å². The number of alkyl halides is 3. The first-order valence-electron chi connectivity index (χ1n) is 5.63. The molecule has 0 spiro atoms. The summed E-state index contributed by atoms with van der Waals surface area (Å²) in [6.07, 6.45) is -3.52. The number of carbonyl (C=O) groups excluding carboxylic acids is 1. The Balaban J connectivity index is 2.37. The molecule has 3 nitrogen and oxygen atoms in total. The fourth-order valence-corrected chi connectivity index (χ4v) is 3.33. The predicted molar refractivity (Wildman–Crippen MR) is 61.2 cm³/mol. The SMILES string of the molecule is O=C(CS(=O)(=O)c1ccccc1C(F)(F)F)C1CC1. The van der Waals surface area contributed by atoms with E-state index < -0.39 is 38.0 Å². The van der Waals surface area contributed by atoms with Crippen molar-refractivity contribution in [1.82, 2.24) is 0 Å². The van der Waals surface area contributed by atoms with Crippen molar-refractivity contribution < 1.29 is 26.4 Å². The van der Waals surface area contributed by atoms with Gasteiger partial charge in [-0.15, -0.1) is 0 Å². The number of ketones is 1. The third-order valence-corrected chi connectivity index (χ3v) is 4.58.